The van der Waals surface area contributed by atoms with Gasteiger partial charge in [-0.15, -0.1) is 0 Å². The summed E-state index contributed by atoms with van der Waals surface area (Å²) in [6.45, 7) is 9.56. The highest BCUT2D eigenvalue weighted by Gasteiger charge is 2.31. The van der Waals surface area contributed by atoms with E-state index >= 15 is 0 Å². The van der Waals surface area contributed by atoms with Crippen molar-refractivity contribution in [2.24, 2.45) is 5.92 Å². The van der Waals surface area contributed by atoms with Gasteiger partial charge in [0.2, 0.25) is 5.09 Å². The van der Waals surface area contributed by atoms with Crippen LogP contribution >= 0.6 is 0 Å². The maximum absolute atomic E-state index is 13.5. The van der Waals surface area contributed by atoms with Gasteiger partial charge in [0.1, 0.15) is 18.1 Å². The molecule has 0 saturated heterocycles. The minimum absolute atomic E-state index is 0.0204. The molecule has 1 aromatic heterocycles. The zero-order valence-corrected chi connectivity index (χ0v) is 20.3. The molecule has 8 heteroatoms. The molecule has 0 amide bonds. The monoisotopic (exact) mass is 471 g/mol. The fraction of sp³-hybridized carbons (Fsp3) is 0.320. The highest BCUT2D eigenvalue weighted by Crippen LogP contribution is 2.36. The molecule has 0 saturated carbocycles. The number of nitrogens with zero attached hydrogens (tertiary/aromatic N) is 1. The number of benzene rings is 2. The van der Waals surface area contributed by atoms with Crippen LogP contribution in [-0.4, -0.2) is 26.0 Å². The maximum atomic E-state index is 13.5. The van der Waals surface area contributed by atoms with Crippen molar-refractivity contribution in [2.75, 3.05) is 10.8 Å². The summed E-state index contributed by atoms with van der Waals surface area (Å²) in [7, 11) is -3.99. The third kappa shape index (κ3) is 5.39. The Morgan fingerprint density at radius 2 is 1.73 bits per heavy atom. The van der Waals surface area contributed by atoms with Crippen molar-refractivity contribution in [2.45, 2.75) is 46.3 Å². The number of aromatic carboxylic acids is 1. The largest absolute Gasteiger partial charge is 0.487 e. The number of carboxylic acid groups (broad SMARTS) is 1. The van der Waals surface area contributed by atoms with Crippen molar-refractivity contribution in [3.63, 3.8) is 0 Å². The third-order valence-electron chi connectivity index (χ3n) is 5.27. The molecule has 2 aromatic carbocycles. The topological polar surface area (TPSA) is 97.0 Å². The van der Waals surface area contributed by atoms with E-state index in [1.54, 1.807) is 43.3 Å². The lowest BCUT2D eigenvalue weighted by Gasteiger charge is -2.28. The first-order chi connectivity index (χ1) is 15.5. The van der Waals surface area contributed by atoms with Gasteiger partial charge in [-0.05, 0) is 68.1 Å². The van der Waals surface area contributed by atoms with Crippen LogP contribution in [0.3, 0.4) is 0 Å². The Hall–Kier alpha value is -3.26. The highest BCUT2D eigenvalue weighted by atomic mass is 32.2. The van der Waals surface area contributed by atoms with Crippen LogP contribution in [0, 0.1) is 26.7 Å². The molecule has 0 spiro atoms. The molecule has 0 aliphatic heterocycles. The van der Waals surface area contributed by atoms with E-state index in [0.717, 1.165) is 11.1 Å². The molecular weight excluding hydrogens is 442 g/mol. The lowest BCUT2D eigenvalue weighted by atomic mass is 10.1. The fourth-order valence-corrected chi connectivity index (χ4v) is 5.00. The molecule has 1 heterocycles. The van der Waals surface area contributed by atoms with Crippen molar-refractivity contribution >= 4 is 21.7 Å². The molecule has 0 unspecified atom stereocenters. The van der Waals surface area contributed by atoms with E-state index in [4.69, 9.17) is 9.15 Å². The van der Waals surface area contributed by atoms with E-state index in [2.05, 4.69) is 0 Å². The number of rotatable bonds is 9. The molecule has 0 atom stereocenters. The summed E-state index contributed by atoms with van der Waals surface area (Å²) in [5.41, 5.74) is 2.85. The second kappa shape index (κ2) is 9.70. The average Bonchev–Trinajstić information content (AvgIpc) is 3.20. The third-order valence-corrected chi connectivity index (χ3v) is 6.92. The van der Waals surface area contributed by atoms with Crippen molar-refractivity contribution in [1.29, 1.82) is 0 Å². The van der Waals surface area contributed by atoms with Gasteiger partial charge in [0.25, 0.3) is 10.0 Å². The SMILES string of the molecule is Cc1ccc(S(=O)(=O)N(CC(C)C)c2cc(C)c(C)cc2OCc2ccccc2C(=O)O)o1. The molecule has 0 aliphatic rings. The summed E-state index contributed by atoms with van der Waals surface area (Å²) in [6, 6.07) is 13.2. The average molecular weight is 472 g/mol. The van der Waals surface area contributed by atoms with E-state index in [0.29, 0.717) is 22.8 Å². The molecular formula is C25H29NO6S. The van der Waals surface area contributed by atoms with Crippen LogP contribution in [0.5, 0.6) is 5.75 Å². The number of hydrogen-bond donors (Lipinski definition) is 1. The van der Waals surface area contributed by atoms with E-state index in [1.165, 1.54) is 16.4 Å². The molecule has 176 valence electrons. The van der Waals surface area contributed by atoms with Crippen molar-refractivity contribution in [3.8, 4) is 5.75 Å². The highest BCUT2D eigenvalue weighted by molar-refractivity contribution is 7.92. The van der Waals surface area contributed by atoms with Crippen molar-refractivity contribution < 1.29 is 27.5 Å². The van der Waals surface area contributed by atoms with Crippen LogP contribution in [-0.2, 0) is 16.6 Å². The number of sulfonamides is 1. The minimum atomic E-state index is -3.99. The Balaban J connectivity index is 2.08. The van der Waals surface area contributed by atoms with Crippen molar-refractivity contribution in [3.05, 3.63) is 76.5 Å². The molecule has 7 nitrogen and oxygen atoms in total. The molecule has 0 radical (unpaired) electrons. The Kier molecular flexibility index (Phi) is 7.17. The van der Waals surface area contributed by atoms with Crippen LogP contribution in [0.1, 0.15) is 46.7 Å². The van der Waals surface area contributed by atoms with Gasteiger partial charge in [-0.2, -0.15) is 8.42 Å². The van der Waals surface area contributed by atoms with Crippen molar-refractivity contribution in [1.82, 2.24) is 0 Å². The summed E-state index contributed by atoms with van der Waals surface area (Å²) in [5.74, 6) is -0.171. The Bertz CT molecular complexity index is 1260. The fourth-order valence-electron chi connectivity index (χ4n) is 3.41. The zero-order chi connectivity index (χ0) is 24.3. The van der Waals surface area contributed by atoms with E-state index < -0.39 is 16.0 Å². The number of carbonyl (C=O) groups is 1. The summed E-state index contributed by atoms with van der Waals surface area (Å²) >= 11 is 0. The lowest BCUT2D eigenvalue weighted by molar-refractivity contribution is 0.0694. The van der Waals surface area contributed by atoms with Crippen LogP contribution in [0.4, 0.5) is 5.69 Å². The smallest absolute Gasteiger partial charge is 0.336 e. The molecule has 0 fully saturated rings. The normalized spacial score (nSPS) is 11.6. The second-order valence-corrected chi connectivity index (χ2v) is 10.2. The number of furan rings is 1. The summed E-state index contributed by atoms with van der Waals surface area (Å²) in [4.78, 5) is 11.6. The van der Waals surface area contributed by atoms with Gasteiger partial charge in [0, 0.05) is 12.1 Å². The van der Waals surface area contributed by atoms with Gasteiger partial charge in [-0.1, -0.05) is 32.0 Å². The van der Waals surface area contributed by atoms with Gasteiger partial charge in [-0.25, -0.2) is 4.79 Å². The van der Waals surface area contributed by atoms with Gasteiger partial charge in [0.05, 0.1) is 11.3 Å². The lowest BCUT2D eigenvalue weighted by Crippen LogP contribution is -2.34. The molecule has 0 aliphatic carbocycles. The summed E-state index contributed by atoms with van der Waals surface area (Å²) in [6.07, 6.45) is 0. The second-order valence-electron chi connectivity index (χ2n) is 8.45. The maximum Gasteiger partial charge on any atom is 0.336 e. The molecule has 1 N–H and O–H groups in total. The Labute approximate surface area is 194 Å². The number of anilines is 1. The van der Waals surface area contributed by atoms with E-state index in [9.17, 15) is 18.3 Å². The van der Waals surface area contributed by atoms with Gasteiger partial charge in [-0.3, -0.25) is 4.31 Å². The van der Waals surface area contributed by atoms with E-state index in [1.807, 2.05) is 27.7 Å². The van der Waals surface area contributed by atoms with Gasteiger partial charge >= 0.3 is 5.97 Å². The first-order valence-corrected chi connectivity index (χ1v) is 12.1. The summed E-state index contributed by atoms with van der Waals surface area (Å²) in [5, 5.41) is 9.33. The summed E-state index contributed by atoms with van der Waals surface area (Å²) < 4.78 is 39.9. The number of ether oxygens (including phenoxy) is 1. The van der Waals surface area contributed by atoms with Crippen LogP contribution in [0.2, 0.25) is 0 Å². The van der Waals surface area contributed by atoms with Gasteiger partial charge in [0.15, 0.2) is 0 Å². The first kappa shape index (κ1) is 24.4. The quantitative estimate of drug-likeness (QED) is 0.453. The molecule has 0 bridgehead atoms. The number of hydrogen-bond acceptors (Lipinski definition) is 5. The van der Waals surface area contributed by atoms with Crippen LogP contribution in [0.15, 0.2) is 58.0 Å². The first-order valence-electron chi connectivity index (χ1n) is 10.6. The van der Waals surface area contributed by atoms with Gasteiger partial charge < -0.3 is 14.3 Å². The standard InChI is InChI=1S/C25H29NO6S/c1-16(2)14-26(33(29,30)24-11-10-19(5)32-24)22-12-17(3)18(4)13-23(22)31-15-20-8-6-7-9-21(20)25(27)28/h6-13,16H,14-15H2,1-5H3,(H,27,28). The Morgan fingerprint density at radius 1 is 1.06 bits per heavy atom. The predicted molar refractivity (Wildman–Crippen MR) is 126 cm³/mol. The van der Waals surface area contributed by atoms with E-state index in [-0.39, 0.29) is 29.7 Å². The minimum Gasteiger partial charge on any atom is -0.487 e. The number of aryl methyl sites for hydroxylation is 3. The molecule has 3 aromatic rings. The molecule has 3 rings (SSSR count). The zero-order valence-electron chi connectivity index (χ0n) is 19.5. The predicted octanol–water partition coefficient (Wildman–Crippen LogP) is 5.33. The Morgan fingerprint density at radius 3 is 2.33 bits per heavy atom. The van der Waals surface area contributed by atoms with Crippen LogP contribution in [0.25, 0.3) is 0 Å². The van der Waals surface area contributed by atoms with Crippen LogP contribution < -0.4 is 9.04 Å². The molecule has 33 heavy (non-hydrogen) atoms. The number of carboxylic acids is 1.